The molecule has 0 bridgehead atoms. The molecule has 360 valence electrons. The number of nitrogens with one attached hydrogen (secondary N) is 4. The second-order valence-corrected chi connectivity index (χ2v) is 19.8. The number of anilines is 10. The SMILES string of the molecule is CCN(CC)c1nc(Nc2ccc(S(=O)(=O)O)cc2)nc(Nc2ccc(C=Cc3ccc(Nc4nc(Nc5ccc(S(=O)(=O)O)cc5)nc(N(CC)CC)n4)cc3S(=O)(=O)O)c(S(=O)(=O)O)c2)n1. The van der Waals surface area contributed by atoms with E-state index >= 15 is 0 Å². The Morgan fingerprint density at radius 2 is 0.691 bits per heavy atom. The molecule has 0 saturated heterocycles. The molecular formula is C40H44N12O12S4. The zero-order valence-corrected chi connectivity index (χ0v) is 39.6. The van der Waals surface area contributed by atoms with Gasteiger partial charge in [-0.05, 0) is 112 Å². The van der Waals surface area contributed by atoms with Crippen molar-refractivity contribution in [2.45, 2.75) is 47.3 Å². The first-order valence-electron chi connectivity index (χ1n) is 20.1. The Morgan fingerprint density at radius 1 is 0.412 bits per heavy atom. The Bertz CT molecular complexity index is 3080. The molecule has 0 fully saturated rings. The van der Waals surface area contributed by atoms with Gasteiger partial charge in [-0.1, -0.05) is 24.3 Å². The Labute approximate surface area is 391 Å². The van der Waals surface area contributed by atoms with E-state index in [2.05, 4.69) is 51.2 Å². The minimum Gasteiger partial charge on any atom is -0.341 e. The first-order chi connectivity index (χ1) is 32.0. The predicted octanol–water partition coefficient (Wildman–Crippen LogP) is 5.88. The molecule has 6 rings (SSSR count). The van der Waals surface area contributed by atoms with Crippen LogP contribution in [0.1, 0.15) is 38.8 Å². The van der Waals surface area contributed by atoms with E-state index in [1.165, 1.54) is 84.9 Å². The van der Waals surface area contributed by atoms with Gasteiger partial charge >= 0.3 is 0 Å². The van der Waals surface area contributed by atoms with E-state index in [4.69, 9.17) is 0 Å². The number of hydrogen-bond donors (Lipinski definition) is 8. The highest BCUT2D eigenvalue weighted by molar-refractivity contribution is 7.86. The molecule has 0 aliphatic heterocycles. The minimum atomic E-state index is -4.94. The molecule has 2 heterocycles. The van der Waals surface area contributed by atoms with Crippen LogP contribution in [-0.4, -0.2) is 108 Å². The van der Waals surface area contributed by atoms with Gasteiger partial charge in [0.15, 0.2) is 0 Å². The maximum Gasteiger partial charge on any atom is 0.295 e. The molecule has 4 aromatic carbocycles. The molecule has 24 nitrogen and oxygen atoms in total. The standard InChI is InChI=1S/C40H44N12O12S4/c1-5-51(6-2)39-47-35(41-27-15-19-31(20-16-27)65(53,54)55)45-37(49-39)43-29-13-11-25(33(23-29)67(59,60)61)9-10-26-12-14-30(24-34(26)68(62,63)64)44-38-46-36(48-40(50-38)52(7-3)8-4)42-28-17-21-32(22-18-28)66(56,57)58/h9-24H,5-8H2,1-4H3,(H,53,54,55)(H,56,57,58)(H,59,60,61)(H,62,63,64)(H2,41,43,45,47,49)(H2,42,44,46,48,50). The summed E-state index contributed by atoms with van der Waals surface area (Å²) in [6, 6.07) is 17.9. The highest BCUT2D eigenvalue weighted by Gasteiger charge is 2.21. The van der Waals surface area contributed by atoms with Crippen molar-refractivity contribution in [1.82, 2.24) is 29.9 Å². The van der Waals surface area contributed by atoms with E-state index in [0.717, 1.165) is 12.1 Å². The Kier molecular flexibility index (Phi) is 15.2. The molecule has 0 amide bonds. The van der Waals surface area contributed by atoms with E-state index < -0.39 is 50.3 Å². The first kappa shape index (κ1) is 50.5. The van der Waals surface area contributed by atoms with Crippen molar-refractivity contribution in [2.24, 2.45) is 0 Å². The lowest BCUT2D eigenvalue weighted by Crippen LogP contribution is -2.25. The lowest BCUT2D eigenvalue weighted by Gasteiger charge is -2.20. The van der Waals surface area contributed by atoms with Crippen LogP contribution in [0.2, 0.25) is 0 Å². The molecule has 0 aliphatic rings. The molecule has 0 unspecified atom stereocenters. The number of aromatic nitrogens is 6. The second kappa shape index (κ2) is 20.5. The number of rotatable bonds is 20. The fourth-order valence-electron chi connectivity index (χ4n) is 6.31. The summed E-state index contributed by atoms with van der Waals surface area (Å²) in [6.07, 6.45) is 2.42. The highest BCUT2D eigenvalue weighted by Crippen LogP contribution is 2.30. The first-order valence-corrected chi connectivity index (χ1v) is 25.9. The van der Waals surface area contributed by atoms with Crippen molar-refractivity contribution in [3.8, 4) is 0 Å². The quantitative estimate of drug-likeness (QED) is 0.0327. The van der Waals surface area contributed by atoms with Gasteiger partial charge < -0.3 is 31.1 Å². The van der Waals surface area contributed by atoms with Crippen LogP contribution in [0.5, 0.6) is 0 Å². The van der Waals surface area contributed by atoms with Gasteiger partial charge in [-0.25, -0.2) is 0 Å². The highest BCUT2D eigenvalue weighted by atomic mass is 32.2. The van der Waals surface area contributed by atoms with Crippen LogP contribution in [0.25, 0.3) is 12.2 Å². The fraction of sp³-hybridized carbons (Fsp3) is 0.200. The minimum absolute atomic E-state index is 0.0121. The molecule has 0 saturated carbocycles. The summed E-state index contributed by atoms with van der Waals surface area (Å²) < 4.78 is 136. The van der Waals surface area contributed by atoms with Crippen molar-refractivity contribution in [1.29, 1.82) is 0 Å². The van der Waals surface area contributed by atoms with Gasteiger partial charge in [0.2, 0.25) is 35.7 Å². The molecule has 0 atom stereocenters. The molecule has 0 spiro atoms. The second-order valence-electron chi connectivity index (χ2n) is 14.2. The third-order valence-corrected chi connectivity index (χ3v) is 13.2. The molecule has 0 radical (unpaired) electrons. The van der Waals surface area contributed by atoms with Crippen molar-refractivity contribution in [3.63, 3.8) is 0 Å². The molecule has 8 N–H and O–H groups in total. The Balaban J connectivity index is 1.29. The van der Waals surface area contributed by atoms with Crippen LogP contribution >= 0.6 is 0 Å². The third-order valence-electron chi connectivity index (χ3n) is 9.69. The van der Waals surface area contributed by atoms with Gasteiger partial charge in [0.25, 0.3) is 40.5 Å². The van der Waals surface area contributed by atoms with Crippen molar-refractivity contribution >= 4 is 111 Å². The Hall–Kier alpha value is -6.92. The van der Waals surface area contributed by atoms with Crippen molar-refractivity contribution in [3.05, 3.63) is 96.1 Å². The summed E-state index contributed by atoms with van der Waals surface area (Å²) in [5, 5.41) is 11.7. The van der Waals surface area contributed by atoms with Crippen LogP contribution in [0.3, 0.4) is 0 Å². The van der Waals surface area contributed by atoms with E-state index in [1.807, 2.05) is 27.7 Å². The van der Waals surface area contributed by atoms with Crippen LogP contribution in [0.4, 0.5) is 58.4 Å². The molecule has 0 aliphatic carbocycles. The lowest BCUT2D eigenvalue weighted by atomic mass is 10.1. The summed E-state index contributed by atoms with van der Waals surface area (Å²) in [4.78, 5) is 28.3. The lowest BCUT2D eigenvalue weighted by molar-refractivity contribution is 0.480. The average molecular weight is 1010 g/mol. The fourth-order valence-corrected chi connectivity index (χ4v) is 8.69. The molecular weight excluding hydrogens is 969 g/mol. The maximum atomic E-state index is 12.7. The molecule has 28 heteroatoms. The van der Waals surface area contributed by atoms with E-state index in [9.17, 15) is 51.9 Å². The van der Waals surface area contributed by atoms with Gasteiger partial charge in [0.1, 0.15) is 9.79 Å². The van der Waals surface area contributed by atoms with Crippen LogP contribution in [-0.2, 0) is 40.5 Å². The molecule has 2 aromatic heterocycles. The largest absolute Gasteiger partial charge is 0.341 e. The average Bonchev–Trinajstić information content (AvgIpc) is 3.26. The van der Waals surface area contributed by atoms with E-state index in [-0.39, 0.29) is 68.0 Å². The van der Waals surface area contributed by atoms with E-state index in [0.29, 0.717) is 37.6 Å². The smallest absolute Gasteiger partial charge is 0.295 e. The van der Waals surface area contributed by atoms with Crippen molar-refractivity contribution < 1.29 is 51.9 Å². The zero-order chi connectivity index (χ0) is 49.6. The Morgan fingerprint density at radius 3 is 0.956 bits per heavy atom. The van der Waals surface area contributed by atoms with Crippen LogP contribution in [0, 0.1) is 0 Å². The number of benzene rings is 4. The summed E-state index contributed by atoms with van der Waals surface area (Å²) >= 11 is 0. The summed E-state index contributed by atoms with van der Waals surface area (Å²) in [5.41, 5.74) is 0.738. The number of nitrogens with zero attached hydrogens (tertiary/aromatic N) is 8. The zero-order valence-electron chi connectivity index (χ0n) is 36.3. The topological polar surface area (TPSA) is 349 Å². The third kappa shape index (κ3) is 12.9. The van der Waals surface area contributed by atoms with Gasteiger partial charge in [-0.15, -0.1) is 0 Å². The summed E-state index contributed by atoms with van der Waals surface area (Å²) in [6.45, 7) is 9.45. The van der Waals surface area contributed by atoms with Crippen molar-refractivity contribution in [2.75, 3.05) is 57.2 Å². The molecule has 68 heavy (non-hydrogen) atoms. The van der Waals surface area contributed by atoms with Gasteiger partial charge in [-0.2, -0.15) is 63.6 Å². The maximum absolute atomic E-state index is 12.7. The molecule has 6 aromatic rings. The van der Waals surface area contributed by atoms with E-state index in [1.54, 1.807) is 9.80 Å². The summed E-state index contributed by atoms with van der Waals surface area (Å²) in [5.74, 6) is 0.350. The number of hydrogen-bond acceptors (Lipinski definition) is 20. The van der Waals surface area contributed by atoms with Gasteiger partial charge in [0, 0.05) is 48.9 Å². The predicted molar refractivity (Wildman–Crippen MR) is 254 cm³/mol. The summed E-state index contributed by atoms with van der Waals surface area (Å²) in [7, 11) is -18.7. The van der Waals surface area contributed by atoms with Gasteiger partial charge in [-0.3, -0.25) is 18.2 Å². The normalized spacial score (nSPS) is 12.2. The van der Waals surface area contributed by atoms with Crippen LogP contribution in [0.15, 0.2) is 105 Å². The monoisotopic (exact) mass is 1010 g/mol. The van der Waals surface area contributed by atoms with Crippen LogP contribution < -0.4 is 31.1 Å². The van der Waals surface area contributed by atoms with Gasteiger partial charge in [0.05, 0.1) is 9.79 Å².